The summed E-state index contributed by atoms with van der Waals surface area (Å²) >= 11 is 1.65. The summed E-state index contributed by atoms with van der Waals surface area (Å²) in [7, 11) is 0. The zero-order valence-electron chi connectivity index (χ0n) is 16.7. The van der Waals surface area contributed by atoms with E-state index < -0.39 is 0 Å². The van der Waals surface area contributed by atoms with E-state index in [-0.39, 0.29) is 17.5 Å². The number of fused-ring (bicyclic) bond motifs is 3. The lowest BCUT2D eigenvalue weighted by atomic mass is 9.97. The highest BCUT2D eigenvalue weighted by molar-refractivity contribution is 7.18. The Bertz CT molecular complexity index is 853. The fraction of sp³-hybridized carbons (Fsp3) is 0.667. The molecule has 0 fully saturated rings. The van der Waals surface area contributed by atoms with Crippen LogP contribution in [0.4, 0.5) is 0 Å². The van der Waals surface area contributed by atoms with E-state index in [1.165, 1.54) is 23.3 Å². The first-order chi connectivity index (χ1) is 12.9. The van der Waals surface area contributed by atoms with Gasteiger partial charge in [-0.1, -0.05) is 26.7 Å². The van der Waals surface area contributed by atoms with Crippen LogP contribution in [0.5, 0.6) is 0 Å². The largest absolute Gasteiger partial charge is 0.354 e. The highest BCUT2D eigenvalue weighted by Gasteiger charge is 2.20. The minimum atomic E-state index is -0.0446. The molecule has 1 aliphatic rings. The van der Waals surface area contributed by atoms with Gasteiger partial charge in [-0.15, -0.1) is 11.3 Å². The number of carbonyl (C=O) groups is 1. The molecule has 0 aliphatic heterocycles. The highest BCUT2D eigenvalue weighted by atomic mass is 32.1. The van der Waals surface area contributed by atoms with Gasteiger partial charge < -0.3 is 10.3 Å². The van der Waals surface area contributed by atoms with Crippen molar-refractivity contribution in [2.24, 2.45) is 5.92 Å². The number of carbonyl (C=O) groups excluding carboxylic acids is 1. The van der Waals surface area contributed by atoms with E-state index in [1.807, 2.05) is 0 Å². The summed E-state index contributed by atoms with van der Waals surface area (Å²) in [5.74, 6) is 1.35. The van der Waals surface area contributed by atoms with E-state index in [2.05, 4.69) is 36.1 Å². The Morgan fingerprint density at radius 1 is 1.22 bits per heavy atom. The molecular formula is C21H31N3O2S. The fourth-order valence-electron chi connectivity index (χ4n) is 3.81. The molecule has 3 rings (SSSR count). The Labute approximate surface area is 165 Å². The molecule has 2 heterocycles. The lowest BCUT2D eigenvalue weighted by molar-refractivity contribution is -0.121. The number of amides is 1. The van der Waals surface area contributed by atoms with Crippen LogP contribution in [0.3, 0.4) is 0 Å². The average Bonchev–Trinajstić information content (AvgIpc) is 2.98. The third kappa shape index (κ3) is 5.18. The summed E-state index contributed by atoms with van der Waals surface area (Å²) in [4.78, 5) is 34.4. The van der Waals surface area contributed by atoms with E-state index in [0.717, 1.165) is 42.3 Å². The zero-order valence-corrected chi connectivity index (χ0v) is 17.5. The lowest BCUT2D eigenvalue weighted by Gasteiger charge is -2.14. The Kier molecular flexibility index (Phi) is 6.68. The van der Waals surface area contributed by atoms with Crippen LogP contribution in [-0.2, 0) is 24.1 Å². The van der Waals surface area contributed by atoms with Crippen molar-refractivity contribution < 1.29 is 4.79 Å². The van der Waals surface area contributed by atoms with Crippen LogP contribution in [0, 0.1) is 5.92 Å². The summed E-state index contributed by atoms with van der Waals surface area (Å²) in [6.45, 7) is 6.50. The number of aromatic amines is 1. The molecule has 0 spiro atoms. The van der Waals surface area contributed by atoms with Crippen LogP contribution >= 0.6 is 11.3 Å². The fourth-order valence-corrected chi connectivity index (χ4v) is 5.09. The Morgan fingerprint density at radius 3 is 2.78 bits per heavy atom. The van der Waals surface area contributed by atoms with Crippen molar-refractivity contribution in [3.8, 4) is 0 Å². The highest BCUT2D eigenvalue weighted by Crippen LogP contribution is 2.33. The minimum absolute atomic E-state index is 0.0280. The molecule has 0 aromatic carbocycles. The number of hydrogen-bond donors (Lipinski definition) is 2. The molecule has 1 aliphatic carbocycles. The predicted octanol–water partition coefficient (Wildman–Crippen LogP) is 4.13. The molecule has 0 bridgehead atoms. The van der Waals surface area contributed by atoms with Crippen LogP contribution < -0.4 is 10.9 Å². The maximum Gasteiger partial charge on any atom is 0.259 e. The van der Waals surface area contributed by atoms with E-state index in [0.29, 0.717) is 24.6 Å². The van der Waals surface area contributed by atoms with Gasteiger partial charge in [0.15, 0.2) is 0 Å². The maximum absolute atomic E-state index is 12.5. The molecule has 0 saturated carbocycles. The molecule has 27 heavy (non-hydrogen) atoms. The average molecular weight is 390 g/mol. The van der Waals surface area contributed by atoms with Gasteiger partial charge in [0.2, 0.25) is 5.91 Å². The van der Waals surface area contributed by atoms with Crippen molar-refractivity contribution in [3.05, 3.63) is 26.6 Å². The van der Waals surface area contributed by atoms with Gasteiger partial charge >= 0.3 is 0 Å². The normalized spacial score (nSPS) is 15.1. The first-order valence-electron chi connectivity index (χ1n) is 10.3. The van der Waals surface area contributed by atoms with Crippen molar-refractivity contribution in [2.45, 2.75) is 84.6 Å². The topological polar surface area (TPSA) is 74.8 Å². The van der Waals surface area contributed by atoms with E-state index in [1.54, 1.807) is 11.3 Å². The van der Waals surface area contributed by atoms with Crippen LogP contribution in [0.25, 0.3) is 10.2 Å². The molecule has 0 unspecified atom stereocenters. The van der Waals surface area contributed by atoms with Gasteiger partial charge in [0.05, 0.1) is 5.39 Å². The summed E-state index contributed by atoms with van der Waals surface area (Å²) in [5.41, 5.74) is 1.16. The molecule has 2 aromatic heterocycles. The number of nitrogens with one attached hydrogen (secondary N) is 2. The number of hydrogen-bond acceptors (Lipinski definition) is 4. The van der Waals surface area contributed by atoms with Crippen molar-refractivity contribution in [1.29, 1.82) is 0 Å². The van der Waals surface area contributed by atoms with Gasteiger partial charge in [0.1, 0.15) is 10.7 Å². The number of aryl methyl sites for hydroxylation is 3. The second kappa shape index (κ2) is 9.00. The number of aromatic nitrogens is 2. The smallest absolute Gasteiger partial charge is 0.259 e. The second-order valence-corrected chi connectivity index (χ2v) is 9.28. The maximum atomic E-state index is 12.5. The van der Waals surface area contributed by atoms with Gasteiger partial charge in [-0.25, -0.2) is 4.98 Å². The number of thiophene rings is 1. The molecule has 6 heteroatoms. The zero-order chi connectivity index (χ0) is 19.4. The molecular weight excluding hydrogens is 358 g/mol. The molecule has 148 valence electrons. The molecule has 1 amide bonds. The monoisotopic (exact) mass is 389 g/mol. The Morgan fingerprint density at radius 2 is 2.00 bits per heavy atom. The molecule has 2 aromatic rings. The summed E-state index contributed by atoms with van der Waals surface area (Å²) in [6, 6.07) is 0.190. The summed E-state index contributed by atoms with van der Waals surface area (Å²) in [6.07, 6.45) is 8.54. The lowest BCUT2D eigenvalue weighted by Crippen LogP contribution is -2.32. The summed E-state index contributed by atoms with van der Waals surface area (Å²) in [5, 5.41) is 3.84. The molecule has 1 atom stereocenters. The first kappa shape index (κ1) is 20.1. The Balaban J connectivity index is 1.57. The van der Waals surface area contributed by atoms with E-state index in [4.69, 9.17) is 0 Å². The first-order valence-corrected chi connectivity index (χ1v) is 11.1. The third-order valence-electron chi connectivity index (χ3n) is 5.29. The second-order valence-electron chi connectivity index (χ2n) is 8.20. The summed E-state index contributed by atoms with van der Waals surface area (Å²) < 4.78 is 0. The minimum Gasteiger partial charge on any atom is -0.354 e. The number of rotatable bonds is 8. The van der Waals surface area contributed by atoms with Crippen molar-refractivity contribution >= 4 is 27.5 Å². The van der Waals surface area contributed by atoms with E-state index in [9.17, 15) is 9.59 Å². The van der Waals surface area contributed by atoms with Crippen LogP contribution in [0.2, 0.25) is 0 Å². The standard InChI is InChI=1S/C21H31N3O2S/c1-13(2)7-6-8-14(3)22-18(25)12-11-17-23-20(26)19-15-9-4-5-10-16(15)27-21(19)24-17/h13-14H,4-12H2,1-3H3,(H,22,25)(H,23,24,26)/t14-/m0/s1. The van der Waals surface area contributed by atoms with Gasteiger partial charge in [-0.3, -0.25) is 9.59 Å². The number of H-pyrrole nitrogens is 1. The molecule has 2 N–H and O–H groups in total. The van der Waals surface area contributed by atoms with Gasteiger partial charge in [0, 0.05) is 23.8 Å². The third-order valence-corrected chi connectivity index (χ3v) is 6.47. The number of nitrogens with zero attached hydrogens (tertiary/aromatic N) is 1. The van der Waals surface area contributed by atoms with Crippen LogP contribution in [-0.4, -0.2) is 21.9 Å². The van der Waals surface area contributed by atoms with Crippen molar-refractivity contribution in [1.82, 2.24) is 15.3 Å². The molecule has 5 nitrogen and oxygen atoms in total. The molecule has 0 saturated heterocycles. The van der Waals surface area contributed by atoms with Gasteiger partial charge in [-0.05, 0) is 50.5 Å². The van der Waals surface area contributed by atoms with Gasteiger partial charge in [-0.2, -0.15) is 0 Å². The van der Waals surface area contributed by atoms with Crippen molar-refractivity contribution in [2.75, 3.05) is 0 Å². The van der Waals surface area contributed by atoms with Crippen molar-refractivity contribution in [3.63, 3.8) is 0 Å². The SMILES string of the molecule is CC(C)CCC[C@H](C)NC(=O)CCc1nc2sc3c(c2c(=O)[nH]1)CCCC3. The quantitative estimate of drug-likeness (QED) is 0.713. The predicted molar refractivity (Wildman–Crippen MR) is 111 cm³/mol. The molecule has 0 radical (unpaired) electrons. The van der Waals surface area contributed by atoms with E-state index >= 15 is 0 Å². The Hall–Kier alpha value is -1.69. The van der Waals surface area contributed by atoms with Crippen LogP contribution in [0.1, 0.15) is 75.6 Å². The van der Waals surface area contributed by atoms with Gasteiger partial charge in [0.25, 0.3) is 5.56 Å². The van der Waals surface area contributed by atoms with Crippen LogP contribution in [0.15, 0.2) is 4.79 Å².